The summed E-state index contributed by atoms with van der Waals surface area (Å²) in [7, 11) is -1.19. The van der Waals surface area contributed by atoms with Gasteiger partial charge < -0.3 is 10.2 Å². The Kier molecular flexibility index (Phi) is 3.51. The maximum Gasteiger partial charge on any atom is 0.208 e. The number of anilines is 1. The van der Waals surface area contributed by atoms with Crippen LogP contribution < -0.4 is 5.73 Å². The highest BCUT2D eigenvalue weighted by Gasteiger charge is 2.14. The van der Waals surface area contributed by atoms with Gasteiger partial charge in [-0.15, -0.1) is 0 Å². The number of rotatable bonds is 3. The molecule has 0 saturated carbocycles. The molecule has 0 bridgehead atoms. The minimum atomic E-state index is -1.19. The average molecular weight is 300 g/mol. The topological polar surface area (TPSA) is 69.1 Å². The summed E-state index contributed by atoms with van der Waals surface area (Å²) in [5.74, 6) is 0.695. The molecule has 1 atom stereocenters. The third-order valence-electron chi connectivity index (χ3n) is 3.34. The lowest BCUT2D eigenvalue weighted by molar-refractivity contribution is 0.552. The number of nitrogens with two attached hydrogens (primary N) is 1. The fraction of sp³-hybridized carbons (Fsp3) is 0.188. The molecule has 21 heavy (non-hydrogen) atoms. The Morgan fingerprint density at radius 3 is 2.81 bits per heavy atom. The molecule has 0 aliphatic rings. The van der Waals surface area contributed by atoms with Gasteiger partial charge in [0.1, 0.15) is 11.3 Å². The van der Waals surface area contributed by atoms with Crippen molar-refractivity contribution in [3.8, 4) is 0 Å². The highest BCUT2D eigenvalue weighted by molar-refractivity contribution is 7.84. The van der Waals surface area contributed by atoms with Gasteiger partial charge in [-0.05, 0) is 43.2 Å². The molecule has 0 amide bonds. The van der Waals surface area contributed by atoms with Crippen LogP contribution in [-0.4, -0.2) is 9.19 Å². The number of hydrogen-bond donors (Lipinski definition) is 1. The number of nitrogen functional groups attached to an aromatic ring is 1. The predicted octanol–water partition coefficient (Wildman–Crippen LogP) is 3.33. The summed E-state index contributed by atoms with van der Waals surface area (Å²) in [4.78, 5) is 5.17. The van der Waals surface area contributed by atoms with Crippen LogP contribution in [0.5, 0.6) is 0 Å². The molecule has 0 aliphatic carbocycles. The van der Waals surface area contributed by atoms with Gasteiger partial charge in [0, 0.05) is 4.90 Å². The number of oxazole rings is 1. The Labute approximate surface area is 125 Å². The Morgan fingerprint density at radius 1 is 1.24 bits per heavy atom. The van der Waals surface area contributed by atoms with Crippen molar-refractivity contribution < 1.29 is 8.63 Å². The van der Waals surface area contributed by atoms with Gasteiger partial charge in [0.2, 0.25) is 5.89 Å². The van der Waals surface area contributed by atoms with Gasteiger partial charge >= 0.3 is 0 Å². The van der Waals surface area contributed by atoms with Gasteiger partial charge in [-0.25, -0.2) is 4.98 Å². The molecule has 2 aromatic carbocycles. The first-order valence-corrected chi connectivity index (χ1v) is 7.96. The van der Waals surface area contributed by atoms with Gasteiger partial charge in [-0.3, -0.25) is 4.21 Å². The minimum absolute atomic E-state index is 0.248. The Bertz CT molecular complexity index is 839. The lowest BCUT2D eigenvalue weighted by Crippen LogP contribution is -1.99. The summed E-state index contributed by atoms with van der Waals surface area (Å²) in [6, 6.07) is 11.3. The minimum Gasteiger partial charge on any atom is -0.440 e. The fourth-order valence-electron chi connectivity index (χ4n) is 2.22. The zero-order chi connectivity index (χ0) is 15.0. The van der Waals surface area contributed by atoms with Crippen LogP contribution in [0, 0.1) is 13.8 Å². The smallest absolute Gasteiger partial charge is 0.208 e. The molecule has 0 saturated heterocycles. The lowest BCUT2D eigenvalue weighted by atomic mass is 10.2. The van der Waals surface area contributed by atoms with Crippen molar-refractivity contribution >= 4 is 27.6 Å². The van der Waals surface area contributed by atoms with Crippen LogP contribution in [0.25, 0.3) is 11.1 Å². The van der Waals surface area contributed by atoms with E-state index < -0.39 is 10.8 Å². The summed E-state index contributed by atoms with van der Waals surface area (Å²) >= 11 is 0. The van der Waals surface area contributed by atoms with Gasteiger partial charge in [0.05, 0.1) is 16.5 Å². The zero-order valence-corrected chi connectivity index (χ0v) is 12.7. The molecular weight excluding hydrogens is 284 g/mol. The van der Waals surface area contributed by atoms with Gasteiger partial charge in [-0.1, -0.05) is 18.2 Å². The molecular formula is C16H16N2O2S. The molecule has 0 spiro atoms. The zero-order valence-electron chi connectivity index (χ0n) is 11.9. The van der Waals surface area contributed by atoms with E-state index in [9.17, 15) is 4.21 Å². The largest absolute Gasteiger partial charge is 0.440 e. The summed E-state index contributed by atoms with van der Waals surface area (Å²) in [6.07, 6.45) is 0. The van der Waals surface area contributed by atoms with Crippen LogP contribution >= 0.6 is 0 Å². The van der Waals surface area contributed by atoms with Crippen LogP contribution in [0.1, 0.15) is 17.0 Å². The molecule has 2 N–H and O–H groups in total. The number of nitrogens with zero attached hydrogens (tertiary/aromatic N) is 1. The third kappa shape index (κ3) is 2.69. The van der Waals surface area contributed by atoms with E-state index in [0.29, 0.717) is 22.7 Å². The normalized spacial score (nSPS) is 12.7. The monoisotopic (exact) mass is 300 g/mol. The maximum absolute atomic E-state index is 12.5. The van der Waals surface area contributed by atoms with E-state index in [-0.39, 0.29) is 5.75 Å². The summed E-state index contributed by atoms with van der Waals surface area (Å²) in [6.45, 7) is 3.94. The standard InChI is InChI=1S/C16H16N2O2S/c1-10-6-7-11(2)14(8-10)21(19)9-15-18-16-12(17)4-3-5-13(16)20-15/h3-8H,9,17H2,1-2H3. The summed E-state index contributed by atoms with van der Waals surface area (Å²) in [5, 5.41) is 0. The van der Waals surface area contributed by atoms with Crippen LogP contribution in [-0.2, 0) is 16.6 Å². The number of hydrogen-bond acceptors (Lipinski definition) is 4. The molecule has 0 aliphatic heterocycles. The second-order valence-electron chi connectivity index (χ2n) is 5.06. The molecule has 5 heteroatoms. The molecule has 1 heterocycles. The number of para-hydroxylation sites is 1. The highest BCUT2D eigenvalue weighted by Crippen LogP contribution is 2.23. The molecule has 3 aromatic rings. The lowest BCUT2D eigenvalue weighted by Gasteiger charge is -2.05. The van der Waals surface area contributed by atoms with E-state index in [1.54, 1.807) is 6.07 Å². The quantitative estimate of drug-likeness (QED) is 0.753. The van der Waals surface area contributed by atoms with Crippen molar-refractivity contribution in [2.24, 2.45) is 0 Å². The third-order valence-corrected chi connectivity index (χ3v) is 4.78. The van der Waals surface area contributed by atoms with Gasteiger partial charge in [0.25, 0.3) is 0 Å². The molecule has 108 valence electrons. The number of aromatic nitrogens is 1. The second-order valence-corrected chi connectivity index (χ2v) is 6.48. The Hall–Kier alpha value is -2.14. The Balaban J connectivity index is 1.93. The van der Waals surface area contributed by atoms with Gasteiger partial charge in [0.15, 0.2) is 5.58 Å². The van der Waals surface area contributed by atoms with E-state index in [4.69, 9.17) is 10.2 Å². The van der Waals surface area contributed by atoms with E-state index >= 15 is 0 Å². The maximum atomic E-state index is 12.5. The molecule has 1 unspecified atom stereocenters. The molecule has 3 rings (SSSR count). The van der Waals surface area contributed by atoms with Crippen molar-refractivity contribution in [2.45, 2.75) is 24.5 Å². The Morgan fingerprint density at radius 2 is 2.05 bits per heavy atom. The number of fused-ring (bicyclic) bond motifs is 1. The van der Waals surface area contributed by atoms with Crippen molar-refractivity contribution in [2.75, 3.05) is 5.73 Å². The summed E-state index contributed by atoms with van der Waals surface area (Å²) in [5.41, 5.74) is 9.78. The van der Waals surface area contributed by atoms with E-state index in [2.05, 4.69) is 4.98 Å². The first-order chi connectivity index (χ1) is 10.0. The first-order valence-electron chi connectivity index (χ1n) is 6.64. The van der Waals surface area contributed by atoms with Crippen LogP contribution in [0.15, 0.2) is 45.7 Å². The molecule has 1 aromatic heterocycles. The van der Waals surface area contributed by atoms with E-state index in [1.165, 1.54) is 0 Å². The first kappa shape index (κ1) is 13.8. The van der Waals surface area contributed by atoms with Crippen LogP contribution in [0.2, 0.25) is 0 Å². The molecule has 0 fully saturated rings. The van der Waals surface area contributed by atoms with E-state index in [0.717, 1.165) is 16.0 Å². The highest BCUT2D eigenvalue weighted by atomic mass is 32.2. The molecule has 0 radical (unpaired) electrons. The van der Waals surface area contributed by atoms with Crippen molar-refractivity contribution in [3.05, 3.63) is 53.4 Å². The number of benzene rings is 2. The molecule has 4 nitrogen and oxygen atoms in total. The van der Waals surface area contributed by atoms with Crippen LogP contribution in [0.4, 0.5) is 5.69 Å². The average Bonchev–Trinajstić information content (AvgIpc) is 2.85. The SMILES string of the molecule is Cc1ccc(C)c(S(=O)Cc2nc3c(N)cccc3o2)c1. The van der Waals surface area contributed by atoms with E-state index in [1.807, 2.05) is 44.2 Å². The second kappa shape index (κ2) is 5.33. The predicted molar refractivity (Wildman–Crippen MR) is 84.4 cm³/mol. The van der Waals surface area contributed by atoms with Crippen molar-refractivity contribution in [1.82, 2.24) is 4.98 Å². The van der Waals surface area contributed by atoms with Crippen molar-refractivity contribution in [3.63, 3.8) is 0 Å². The number of aryl methyl sites for hydroxylation is 2. The van der Waals surface area contributed by atoms with Gasteiger partial charge in [-0.2, -0.15) is 0 Å². The van der Waals surface area contributed by atoms with Crippen LogP contribution in [0.3, 0.4) is 0 Å². The fourth-order valence-corrected chi connectivity index (χ4v) is 3.47. The summed E-state index contributed by atoms with van der Waals surface area (Å²) < 4.78 is 18.2. The van der Waals surface area contributed by atoms with Crippen molar-refractivity contribution in [1.29, 1.82) is 0 Å².